The lowest BCUT2D eigenvalue weighted by molar-refractivity contribution is -0.140. The molecule has 0 heterocycles. The van der Waals surface area contributed by atoms with Crippen molar-refractivity contribution in [3.8, 4) is 0 Å². The third-order valence-electron chi connectivity index (χ3n) is 4.18. The van der Waals surface area contributed by atoms with Gasteiger partial charge in [0.25, 0.3) is 0 Å². The van der Waals surface area contributed by atoms with Crippen molar-refractivity contribution in [1.29, 1.82) is 0 Å². The minimum atomic E-state index is -0.292. The molecular formula is C17H23BrN2O3. The number of hydrogen-bond acceptors (Lipinski definition) is 3. The fourth-order valence-corrected chi connectivity index (χ4v) is 3.29. The van der Waals surface area contributed by atoms with Crippen LogP contribution >= 0.6 is 15.9 Å². The molecule has 1 saturated carbocycles. The average Bonchev–Trinajstić information content (AvgIpc) is 2.58. The van der Waals surface area contributed by atoms with Crippen LogP contribution in [0.15, 0.2) is 28.7 Å². The number of ether oxygens (including phenoxy) is 1. The van der Waals surface area contributed by atoms with E-state index in [-0.39, 0.29) is 24.5 Å². The number of methoxy groups -OCH3 is 1. The zero-order chi connectivity index (χ0) is 16.7. The van der Waals surface area contributed by atoms with Crippen molar-refractivity contribution in [3.63, 3.8) is 0 Å². The Hall–Kier alpha value is -1.56. The third kappa shape index (κ3) is 5.23. The van der Waals surface area contributed by atoms with Gasteiger partial charge in [-0.2, -0.15) is 0 Å². The zero-order valence-corrected chi connectivity index (χ0v) is 15.0. The van der Waals surface area contributed by atoms with E-state index in [9.17, 15) is 9.59 Å². The van der Waals surface area contributed by atoms with Crippen LogP contribution < -0.4 is 5.32 Å². The number of amides is 2. The SMILES string of the molecule is COC(=O)CCN(C(=O)Nc1ccccc1Br)C1CCCCC1. The summed E-state index contributed by atoms with van der Waals surface area (Å²) in [5, 5.41) is 2.94. The number of para-hydroxylation sites is 1. The van der Waals surface area contributed by atoms with Crippen LogP contribution in [0.4, 0.5) is 10.5 Å². The monoisotopic (exact) mass is 382 g/mol. The molecule has 0 radical (unpaired) electrons. The number of halogens is 1. The van der Waals surface area contributed by atoms with E-state index in [0.29, 0.717) is 6.54 Å². The highest BCUT2D eigenvalue weighted by Crippen LogP contribution is 2.25. The Kier molecular flexibility index (Phi) is 6.89. The molecule has 1 aliphatic rings. The average molecular weight is 383 g/mol. The Morgan fingerprint density at radius 1 is 1.26 bits per heavy atom. The second-order valence-corrected chi connectivity index (χ2v) is 6.58. The molecule has 2 rings (SSSR count). The van der Waals surface area contributed by atoms with Crippen LogP contribution in [0.2, 0.25) is 0 Å². The summed E-state index contributed by atoms with van der Waals surface area (Å²) in [5.41, 5.74) is 0.733. The first kappa shape index (κ1) is 17.8. The molecule has 0 unspecified atom stereocenters. The highest BCUT2D eigenvalue weighted by Gasteiger charge is 2.26. The predicted octanol–water partition coefficient (Wildman–Crippen LogP) is 4.18. The third-order valence-corrected chi connectivity index (χ3v) is 4.87. The Morgan fingerprint density at radius 2 is 1.96 bits per heavy atom. The quantitative estimate of drug-likeness (QED) is 0.777. The number of nitrogens with one attached hydrogen (secondary N) is 1. The van der Waals surface area contributed by atoms with Gasteiger partial charge in [0, 0.05) is 17.1 Å². The van der Waals surface area contributed by atoms with Gasteiger partial charge in [0.1, 0.15) is 0 Å². The number of anilines is 1. The maximum absolute atomic E-state index is 12.7. The minimum absolute atomic E-state index is 0.160. The molecule has 0 atom stereocenters. The van der Waals surface area contributed by atoms with Gasteiger partial charge in [-0.1, -0.05) is 31.4 Å². The lowest BCUT2D eigenvalue weighted by Crippen LogP contribution is -2.45. The summed E-state index contributed by atoms with van der Waals surface area (Å²) < 4.78 is 5.54. The van der Waals surface area contributed by atoms with E-state index in [0.717, 1.165) is 35.8 Å². The van der Waals surface area contributed by atoms with E-state index < -0.39 is 0 Å². The summed E-state index contributed by atoms with van der Waals surface area (Å²) in [6.07, 6.45) is 5.67. The van der Waals surface area contributed by atoms with E-state index in [1.807, 2.05) is 24.3 Å². The van der Waals surface area contributed by atoms with Gasteiger partial charge in [0.15, 0.2) is 0 Å². The van der Waals surface area contributed by atoms with Gasteiger partial charge >= 0.3 is 12.0 Å². The van der Waals surface area contributed by atoms with E-state index in [1.165, 1.54) is 13.5 Å². The van der Waals surface area contributed by atoms with E-state index >= 15 is 0 Å². The smallest absolute Gasteiger partial charge is 0.322 e. The predicted molar refractivity (Wildman–Crippen MR) is 93.4 cm³/mol. The molecule has 0 aliphatic heterocycles. The van der Waals surface area contributed by atoms with E-state index in [4.69, 9.17) is 4.74 Å². The number of urea groups is 1. The van der Waals surface area contributed by atoms with Crippen LogP contribution in [0.1, 0.15) is 38.5 Å². The van der Waals surface area contributed by atoms with E-state index in [1.54, 1.807) is 4.90 Å². The molecule has 1 fully saturated rings. The van der Waals surface area contributed by atoms with Crippen molar-refractivity contribution >= 4 is 33.6 Å². The molecule has 1 aliphatic carbocycles. The summed E-state index contributed by atoms with van der Waals surface area (Å²) >= 11 is 3.44. The molecule has 1 aromatic rings. The second-order valence-electron chi connectivity index (χ2n) is 5.72. The number of nitrogens with zero attached hydrogens (tertiary/aromatic N) is 1. The van der Waals surface area contributed by atoms with Crippen LogP contribution in [0.3, 0.4) is 0 Å². The first-order valence-corrected chi connectivity index (χ1v) is 8.80. The highest BCUT2D eigenvalue weighted by molar-refractivity contribution is 9.10. The second kappa shape index (κ2) is 8.91. The molecule has 0 bridgehead atoms. The summed E-state index contributed by atoms with van der Waals surface area (Å²) in [6.45, 7) is 0.383. The number of carbonyl (C=O) groups is 2. The zero-order valence-electron chi connectivity index (χ0n) is 13.4. The maximum atomic E-state index is 12.7. The molecule has 2 amide bonds. The summed E-state index contributed by atoms with van der Waals surface area (Å²) in [4.78, 5) is 25.9. The first-order chi connectivity index (χ1) is 11.1. The molecule has 1 aromatic carbocycles. The lowest BCUT2D eigenvalue weighted by Gasteiger charge is -2.34. The fourth-order valence-electron chi connectivity index (χ4n) is 2.91. The summed E-state index contributed by atoms with van der Waals surface area (Å²) in [6, 6.07) is 7.54. The standard InChI is InChI=1S/C17H23BrN2O3/c1-23-16(21)11-12-20(13-7-3-2-4-8-13)17(22)19-15-10-6-5-9-14(15)18/h5-6,9-10,13H,2-4,7-8,11-12H2,1H3,(H,19,22). The summed E-state index contributed by atoms with van der Waals surface area (Å²) in [7, 11) is 1.37. The van der Waals surface area contributed by atoms with Gasteiger partial charge in [-0.05, 0) is 40.9 Å². The molecule has 0 saturated heterocycles. The van der Waals surface area contributed by atoms with Crippen molar-refractivity contribution < 1.29 is 14.3 Å². The van der Waals surface area contributed by atoms with Gasteiger partial charge in [-0.15, -0.1) is 0 Å². The van der Waals surface area contributed by atoms with Gasteiger partial charge < -0.3 is 15.0 Å². The van der Waals surface area contributed by atoms with Gasteiger partial charge in [0.05, 0.1) is 19.2 Å². The van der Waals surface area contributed by atoms with E-state index in [2.05, 4.69) is 21.2 Å². The molecule has 5 nitrogen and oxygen atoms in total. The molecule has 126 valence electrons. The van der Waals surface area contributed by atoms with Crippen LogP contribution in [-0.2, 0) is 9.53 Å². The highest BCUT2D eigenvalue weighted by atomic mass is 79.9. The topological polar surface area (TPSA) is 58.6 Å². The summed E-state index contributed by atoms with van der Waals surface area (Å²) in [5.74, 6) is -0.292. The van der Waals surface area contributed by atoms with Gasteiger partial charge in [-0.25, -0.2) is 4.79 Å². The molecular weight excluding hydrogens is 360 g/mol. The first-order valence-electron chi connectivity index (χ1n) is 8.01. The maximum Gasteiger partial charge on any atom is 0.322 e. The minimum Gasteiger partial charge on any atom is -0.469 e. The van der Waals surface area contributed by atoms with Crippen LogP contribution in [0, 0.1) is 0 Å². The number of esters is 1. The Balaban J connectivity index is 2.06. The molecule has 0 spiro atoms. The molecule has 6 heteroatoms. The Labute approximate surface area is 145 Å². The number of carbonyl (C=O) groups excluding carboxylic acids is 2. The normalized spacial score (nSPS) is 15.0. The molecule has 1 N–H and O–H groups in total. The van der Waals surface area contributed by atoms with Crippen molar-refractivity contribution in [3.05, 3.63) is 28.7 Å². The van der Waals surface area contributed by atoms with Crippen molar-refractivity contribution in [1.82, 2.24) is 4.90 Å². The lowest BCUT2D eigenvalue weighted by atomic mass is 9.94. The van der Waals surface area contributed by atoms with Crippen molar-refractivity contribution in [2.75, 3.05) is 19.0 Å². The van der Waals surface area contributed by atoms with Crippen LogP contribution in [-0.4, -0.2) is 36.6 Å². The fraction of sp³-hybridized carbons (Fsp3) is 0.529. The number of benzene rings is 1. The molecule has 23 heavy (non-hydrogen) atoms. The Bertz CT molecular complexity index is 544. The van der Waals surface area contributed by atoms with Crippen molar-refractivity contribution in [2.24, 2.45) is 0 Å². The van der Waals surface area contributed by atoms with Gasteiger partial charge in [-0.3, -0.25) is 4.79 Å². The Morgan fingerprint density at radius 3 is 2.61 bits per heavy atom. The largest absolute Gasteiger partial charge is 0.469 e. The van der Waals surface area contributed by atoms with Crippen LogP contribution in [0.25, 0.3) is 0 Å². The van der Waals surface area contributed by atoms with Crippen LogP contribution in [0.5, 0.6) is 0 Å². The van der Waals surface area contributed by atoms with Crippen molar-refractivity contribution in [2.45, 2.75) is 44.6 Å². The number of rotatable bonds is 5. The van der Waals surface area contributed by atoms with Gasteiger partial charge in [0.2, 0.25) is 0 Å². The number of hydrogen-bond donors (Lipinski definition) is 1. The molecule has 0 aromatic heterocycles.